The summed E-state index contributed by atoms with van der Waals surface area (Å²) in [5.41, 5.74) is 0.439. The first kappa shape index (κ1) is 28.8. The molecule has 3 rings (SSSR count). The van der Waals surface area contributed by atoms with E-state index in [0.717, 1.165) is 28.9 Å². The van der Waals surface area contributed by atoms with Gasteiger partial charge in [-0.2, -0.15) is 0 Å². The third-order valence-corrected chi connectivity index (χ3v) is 8.87. The minimum absolute atomic E-state index is 0.0536. The summed E-state index contributed by atoms with van der Waals surface area (Å²) < 4.78 is 40.2. The van der Waals surface area contributed by atoms with Crippen molar-refractivity contribution >= 4 is 50.1 Å². The third-order valence-electron chi connectivity index (χ3n) is 5.91. The highest BCUT2D eigenvalue weighted by atomic mass is 32.2. The summed E-state index contributed by atoms with van der Waals surface area (Å²) in [5, 5.41) is 2.20. The van der Waals surface area contributed by atoms with E-state index in [9.17, 15) is 22.4 Å². The summed E-state index contributed by atoms with van der Waals surface area (Å²) in [4.78, 5) is 32.4. The minimum atomic E-state index is -3.66. The van der Waals surface area contributed by atoms with Crippen LogP contribution in [0.25, 0.3) is 0 Å². The van der Waals surface area contributed by atoms with E-state index in [1.54, 1.807) is 23.1 Å². The summed E-state index contributed by atoms with van der Waals surface area (Å²) in [5.74, 6) is -0.838. The van der Waals surface area contributed by atoms with Crippen LogP contribution in [0.15, 0.2) is 58.4 Å². The second-order valence-electron chi connectivity index (χ2n) is 9.55. The molecule has 11 heteroatoms. The number of amides is 2. The van der Waals surface area contributed by atoms with Crippen LogP contribution in [0.1, 0.15) is 40.0 Å². The Kier molecular flexibility index (Phi) is 9.49. The standard InChI is InChI=1S/C26H33FN4O4S2/c1-17(2)13-14-18(3)31-25(33)23(16-24(32)29-22-12-7-6-11-21(22)27)36-26(31)28-19-9-8-10-20(15-19)37(34,35)30(4)5/h6-12,15,17-18,23H,13-14,16H2,1-5H3,(H,29,32)/t18-,23+/m0/s1. The van der Waals surface area contributed by atoms with E-state index in [1.165, 1.54) is 44.4 Å². The number of anilines is 1. The molecule has 2 aromatic rings. The van der Waals surface area contributed by atoms with Crippen molar-refractivity contribution in [2.45, 2.75) is 56.2 Å². The van der Waals surface area contributed by atoms with E-state index in [-0.39, 0.29) is 29.0 Å². The van der Waals surface area contributed by atoms with E-state index < -0.39 is 27.0 Å². The summed E-state index contributed by atoms with van der Waals surface area (Å²) in [6.07, 6.45) is 1.49. The zero-order valence-electron chi connectivity index (χ0n) is 21.6. The number of thioether (sulfide) groups is 1. The Morgan fingerprint density at radius 3 is 2.49 bits per heavy atom. The molecule has 1 N–H and O–H groups in total. The van der Waals surface area contributed by atoms with Crippen molar-refractivity contribution in [3.05, 3.63) is 54.3 Å². The van der Waals surface area contributed by atoms with E-state index in [1.807, 2.05) is 6.92 Å². The zero-order chi connectivity index (χ0) is 27.3. The highest BCUT2D eigenvalue weighted by Crippen LogP contribution is 2.35. The van der Waals surface area contributed by atoms with E-state index >= 15 is 0 Å². The molecule has 2 aromatic carbocycles. The van der Waals surface area contributed by atoms with Gasteiger partial charge < -0.3 is 5.32 Å². The second-order valence-corrected chi connectivity index (χ2v) is 12.9. The fourth-order valence-electron chi connectivity index (χ4n) is 3.77. The lowest BCUT2D eigenvalue weighted by Crippen LogP contribution is -2.40. The van der Waals surface area contributed by atoms with Crippen LogP contribution in [0.3, 0.4) is 0 Å². The monoisotopic (exact) mass is 548 g/mol. The Balaban J connectivity index is 1.88. The first-order valence-corrected chi connectivity index (χ1v) is 14.4. The molecule has 1 aliphatic heterocycles. The predicted octanol–water partition coefficient (Wildman–Crippen LogP) is 4.86. The van der Waals surface area contributed by atoms with Gasteiger partial charge in [0.25, 0.3) is 0 Å². The van der Waals surface area contributed by atoms with Crippen LogP contribution < -0.4 is 5.32 Å². The second kappa shape index (κ2) is 12.2. The maximum Gasteiger partial charge on any atom is 0.242 e. The number of hydrogen-bond donors (Lipinski definition) is 1. The Hall–Kier alpha value is -2.76. The molecule has 0 aliphatic carbocycles. The smallest absolute Gasteiger partial charge is 0.242 e. The Labute approximate surface area is 222 Å². The van der Waals surface area contributed by atoms with E-state index in [4.69, 9.17) is 0 Å². The number of halogens is 1. The van der Waals surface area contributed by atoms with Crippen LogP contribution in [-0.4, -0.2) is 60.0 Å². The number of amidine groups is 1. The SMILES string of the molecule is CC(C)CC[C@H](C)N1C(=O)[C@@H](CC(=O)Nc2ccccc2F)SC1=Nc1cccc(S(=O)(=O)N(C)C)c1. The maximum atomic E-state index is 14.0. The number of rotatable bonds is 10. The Bertz CT molecular complexity index is 1280. The molecule has 0 spiro atoms. The van der Waals surface area contributed by atoms with Crippen molar-refractivity contribution in [1.82, 2.24) is 9.21 Å². The number of hydrogen-bond acceptors (Lipinski definition) is 6. The number of carbonyl (C=O) groups is 2. The molecule has 2 amide bonds. The molecule has 1 fully saturated rings. The van der Waals surface area contributed by atoms with Gasteiger partial charge in [-0.15, -0.1) is 0 Å². The first-order chi connectivity index (χ1) is 17.4. The molecule has 200 valence electrons. The van der Waals surface area contributed by atoms with E-state index in [2.05, 4.69) is 24.2 Å². The van der Waals surface area contributed by atoms with Crippen molar-refractivity contribution in [2.75, 3.05) is 19.4 Å². The van der Waals surface area contributed by atoms with Gasteiger partial charge in [0.2, 0.25) is 21.8 Å². The summed E-state index contributed by atoms with van der Waals surface area (Å²) >= 11 is 1.16. The number of sulfonamides is 1. The molecule has 1 aliphatic rings. The van der Waals surface area contributed by atoms with Crippen molar-refractivity contribution in [2.24, 2.45) is 10.9 Å². The highest BCUT2D eigenvalue weighted by molar-refractivity contribution is 8.15. The molecule has 1 heterocycles. The van der Waals surface area contributed by atoms with Crippen LogP contribution in [0.5, 0.6) is 0 Å². The molecule has 0 radical (unpaired) electrons. The van der Waals surface area contributed by atoms with Gasteiger partial charge in [-0.1, -0.05) is 43.8 Å². The average Bonchev–Trinajstić information content (AvgIpc) is 3.13. The van der Waals surface area contributed by atoms with Gasteiger partial charge in [0.15, 0.2) is 5.17 Å². The normalized spacial score (nSPS) is 18.2. The molecular weight excluding hydrogens is 515 g/mol. The largest absolute Gasteiger partial charge is 0.324 e. The Morgan fingerprint density at radius 2 is 1.84 bits per heavy atom. The van der Waals surface area contributed by atoms with Crippen molar-refractivity contribution in [3.63, 3.8) is 0 Å². The van der Waals surface area contributed by atoms with E-state index in [0.29, 0.717) is 16.8 Å². The number of aliphatic imine (C=N–C) groups is 1. The topological polar surface area (TPSA) is 99.1 Å². The zero-order valence-corrected chi connectivity index (χ0v) is 23.3. The van der Waals surface area contributed by atoms with Crippen LogP contribution in [0, 0.1) is 11.7 Å². The lowest BCUT2D eigenvalue weighted by atomic mass is 10.0. The molecule has 0 aromatic heterocycles. The number of para-hydroxylation sites is 1. The summed E-state index contributed by atoms with van der Waals surface area (Å²) in [7, 11) is -0.753. The fourth-order valence-corrected chi connectivity index (χ4v) is 5.96. The minimum Gasteiger partial charge on any atom is -0.324 e. The predicted molar refractivity (Wildman–Crippen MR) is 146 cm³/mol. The van der Waals surface area contributed by atoms with Gasteiger partial charge in [-0.3, -0.25) is 14.5 Å². The summed E-state index contributed by atoms with van der Waals surface area (Å²) in [6, 6.07) is 11.9. The molecule has 0 unspecified atom stereocenters. The quantitative estimate of drug-likeness (QED) is 0.457. The molecular formula is C26H33FN4O4S2. The van der Waals surface area contributed by atoms with Gasteiger partial charge in [-0.05, 0) is 56.0 Å². The molecule has 0 saturated carbocycles. The molecule has 2 atom stereocenters. The van der Waals surface area contributed by atoms with Crippen molar-refractivity contribution in [1.29, 1.82) is 0 Å². The van der Waals surface area contributed by atoms with Crippen molar-refractivity contribution in [3.8, 4) is 0 Å². The molecule has 8 nitrogen and oxygen atoms in total. The van der Waals surface area contributed by atoms with Crippen LogP contribution in [-0.2, 0) is 19.6 Å². The number of nitrogens with one attached hydrogen (secondary N) is 1. The molecule has 0 bridgehead atoms. The molecule has 1 saturated heterocycles. The Morgan fingerprint density at radius 1 is 1.14 bits per heavy atom. The first-order valence-electron chi connectivity index (χ1n) is 12.1. The highest BCUT2D eigenvalue weighted by Gasteiger charge is 2.41. The molecule has 37 heavy (non-hydrogen) atoms. The fraction of sp³-hybridized carbons (Fsp3) is 0.423. The number of nitrogens with zero attached hydrogens (tertiary/aromatic N) is 3. The van der Waals surface area contributed by atoms with Gasteiger partial charge in [0.1, 0.15) is 11.1 Å². The number of carbonyl (C=O) groups excluding carboxylic acids is 2. The van der Waals surface area contributed by atoms with Crippen LogP contribution in [0.2, 0.25) is 0 Å². The van der Waals surface area contributed by atoms with Gasteiger partial charge in [0, 0.05) is 26.6 Å². The van der Waals surface area contributed by atoms with Crippen LogP contribution in [0.4, 0.5) is 15.8 Å². The van der Waals surface area contributed by atoms with Crippen LogP contribution >= 0.6 is 11.8 Å². The average molecular weight is 549 g/mol. The summed E-state index contributed by atoms with van der Waals surface area (Å²) in [6.45, 7) is 6.15. The lowest BCUT2D eigenvalue weighted by Gasteiger charge is -2.25. The van der Waals surface area contributed by atoms with Crippen molar-refractivity contribution < 1.29 is 22.4 Å². The number of benzene rings is 2. The third kappa shape index (κ3) is 7.18. The van der Waals surface area contributed by atoms with Gasteiger partial charge >= 0.3 is 0 Å². The maximum absolute atomic E-state index is 14.0. The lowest BCUT2D eigenvalue weighted by molar-refractivity contribution is -0.129. The van der Waals surface area contributed by atoms with Gasteiger partial charge in [0.05, 0.1) is 16.3 Å². The van der Waals surface area contributed by atoms with Gasteiger partial charge in [-0.25, -0.2) is 22.1 Å².